The lowest BCUT2D eigenvalue weighted by Gasteiger charge is -2.14. The van der Waals surface area contributed by atoms with Crippen LogP contribution in [-0.2, 0) is 4.79 Å². The minimum Gasteiger partial charge on any atom is -0.396 e. The quantitative estimate of drug-likeness (QED) is 0.765. The van der Waals surface area contributed by atoms with Crippen LogP contribution in [-0.4, -0.2) is 24.2 Å². The topological polar surface area (TPSA) is 49.3 Å². The maximum Gasteiger partial charge on any atom is 0.242 e. The molecule has 94 valence electrons. The van der Waals surface area contributed by atoms with E-state index in [1.54, 1.807) is 0 Å². The summed E-state index contributed by atoms with van der Waals surface area (Å²) in [4.78, 5) is 11.7. The average Bonchev–Trinajstić information content (AvgIpc) is 2.36. The normalized spacial score (nSPS) is 14.1. The largest absolute Gasteiger partial charge is 0.396 e. The Kier molecular flexibility index (Phi) is 6.01. The van der Waals surface area contributed by atoms with Gasteiger partial charge in [0.05, 0.1) is 0 Å². The molecule has 2 atom stereocenters. The van der Waals surface area contributed by atoms with Crippen molar-refractivity contribution in [2.45, 2.75) is 18.7 Å². The molecule has 0 aromatic heterocycles. The number of alkyl halides is 1. The number of hydrogen-bond acceptors (Lipinski definition) is 2. The van der Waals surface area contributed by atoms with E-state index >= 15 is 0 Å². The van der Waals surface area contributed by atoms with Gasteiger partial charge in [0, 0.05) is 13.2 Å². The van der Waals surface area contributed by atoms with Crippen molar-refractivity contribution in [2.75, 3.05) is 13.2 Å². The van der Waals surface area contributed by atoms with Crippen molar-refractivity contribution in [3.8, 4) is 0 Å². The molecule has 0 fully saturated rings. The Balaban J connectivity index is 2.43. The van der Waals surface area contributed by atoms with E-state index in [0.29, 0.717) is 13.0 Å². The summed E-state index contributed by atoms with van der Waals surface area (Å²) in [6.45, 7) is 2.65. The van der Waals surface area contributed by atoms with Gasteiger partial charge in [-0.2, -0.15) is 0 Å². The molecule has 0 aliphatic rings. The first kappa shape index (κ1) is 14.0. The molecule has 0 heterocycles. The third-order valence-corrected chi connectivity index (χ3v) is 3.02. The average molecular weight is 256 g/mol. The molecule has 0 aliphatic heterocycles. The molecule has 0 bridgehead atoms. The number of amides is 1. The smallest absolute Gasteiger partial charge is 0.242 e. The molecule has 17 heavy (non-hydrogen) atoms. The Morgan fingerprint density at radius 3 is 2.65 bits per heavy atom. The molecule has 0 saturated heterocycles. The molecular weight excluding hydrogens is 238 g/mol. The Morgan fingerprint density at radius 1 is 1.41 bits per heavy atom. The van der Waals surface area contributed by atoms with Crippen LogP contribution in [0.1, 0.15) is 24.3 Å². The molecule has 3 nitrogen and oxygen atoms in total. The Hall–Kier alpha value is -1.06. The SMILES string of the molecule is CC(CCO)CNC(=O)C(Cl)c1ccccc1. The minimum absolute atomic E-state index is 0.139. The molecule has 0 radical (unpaired) electrons. The summed E-state index contributed by atoms with van der Waals surface area (Å²) in [7, 11) is 0. The van der Waals surface area contributed by atoms with Gasteiger partial charge in [0.1, 0.15) is 5.38 Å². The number of hydrogen-bond donors (Lipinski definition) is 2. The summed E-state index contributed by atoms with van der Waals surface area (Å²) in [5.41, 5.74) is 0.793. The van der Waals surface area contributed by atoms with E-state index in [-0.39, 0.29) is 18.4 Å². The molecule has 0 spiro atoms. The van der Waals surface area contributed by atoms with Gasteiger partial charge in [-0.1, -0.05) is 37.3 Å². The van der Waals surface area contributed by atoms with Crippen LogP contribution in [0.5, 0.6) is 0 Å². The van der Waals surface area contributed by atoms with Gasteiger partial charge in [-0.05, 0) is 17.9 Å². The zero-order valence-electron chi connectivity index (χ0n) is 9.90. The fourth-order valence-electron chi connectivity index (χ4n) is 1.46. The highest BCUT2D eigenvalue weighted by Gasteiger charge is 2.17. The van der Waals surface area contributed by atoms with E-state index in [9.17, 15) is 4.79 Å². The molecule has 1 rings (SSSR count). The fraction of sp³-hybridized carbons (Fsp3) is 0.462. The highest BCUT2D eigenvalue weighted by Crippen LogP contribution is 2.19. The number of rotatable bonds is 6. The summed E-state index contributed by atoms with van der Waals surface area (Å²) in [5, 5.41) is 10.9. The third-order valence-electron chi connectivity index (χ3n) is 2.57. The molecule has 1 aromatic rings. The first-order valence-electron chi connectivity index (χ1n) is 5.72. The second-order valence-corrected chi connectivity index (χ2v) is 4.57. The standard InChI is InChI=1S/C13H18ClNO2/c1-10(7-8-16)9-15-13(17)12(14)11-5-3-2-4-6-11/h2-6,10,12,16H,7-9H2,1H3,(H,15,17). The first-order valence-corrected chi connectivity index (χ1v) is 6.16. The molecule has 1 aromatic carbocycles. The number of aliphatic hydroxyl groups excluding tert-OH is 1. The summed E-state index contributed by atoms with van der Waals surface area (Å²) < 4.78 is 0. The molecule has 2 N–H and O–H groups in total. The molecule has 0 saturated carbocycles. The predicted molar refractivity (Wildman–Crippen MR) is 68.9 cm³/mol. The second-order valence-electron chi connectivity index (χ2n) is 4.14. The Morgan fingerprint density at radius 2 is 2.06 bits per heavy atom. The van der Waals surface area contributed by atoms with Gasteiger partial charge in [0.25, 0.3) is 0 Å². The fourth-order valence-corrected chi connectivity index (χ4v) is 1.68. The van der Waals surface area contributed by atoms with E-state index < -0.39 is 5.38 Å². The molecular formula is C13H18ClNO2. The molecule has 1 amide bonds. The monoisotopic (exact) mass is 255 g/mol. The summed E-state index contributed by atoms with van der Waals surface area (Å²) in [6.07, 6.45) is 0.679. The van der Waals surface area contributed by atoms with Gasteiger partial charge >= 0.3 is 0 Å². The number of halogens is 1. The van der Waals surface area contributed by atoms with E-state index in [4.69, 9.17) is 16.7 Å². The number of aliphatic hydroxyl groups is 1. The second kappa shape index (κ2) is 7.30. The van der Waals surface area contributed by atoms with Crippen molar-refractivity contribution >= 4 is 17.5 Å². The van der Waals surface area contributed by atoms with Crippen LogP contribution in [0.25, 0.3) is 0 Å². The van der Waals surface area contributed by atoms with Crippen LogP contribution >= 0.6 is 11.6 Å². The Labute approximate surface area is 107 Å². The van der Waals surface area contributed by atoms with Gasteiger partial charge in [-0.25, -0.2) is 0 Å². The van der Waals surface area contributed by atoms with Crippen molar-refractivity contribution in [3.05, 3.63) is 35.9 Å². The lowest BCUT2D eigenvalue weighted by atomic mass is 10.1. The van der Waals surface area contributed by atoms with Gasteiger partial charge < -0.3 is 10.4 Å². The number of carbonyl (C=O) groups excluding carboxylic acids is 1. The van der Waals surface area contributed by atoms with Crippen molar-refractivity contribution in [2.24, 2.45) is 5.92 Å². The molecule has 0 aliphatic carbocycles. The van der Waals surface area contributed by atoms with E-state index in [1.165, 1.54) is 0 Å². The summed E-state index contributed by atoms with van der Waals surface area (Å²) in [5.74, 6) is 0.0613. The van der Waals surface area contributed by atoms with Crippen molar-refractivity contribution < 1.29 is 9.90 Å². The van der Waals surface area contributed by atoms with Crippen LogP contribution in [0.3, 0.4) is 0 Å². The number of benzene rings is 1. The highest BCUT2D eigenvalue weighted by molar-refractivity contribution is 6.30. The van der Waals surface area contributed by atoms with E-state index in [0.717, 1.165) is 5.56 Å². The van der Waals surface area contributed by atoms with Crippen LogP contribution in [0, 0.1) is 5.92 Å². The maximum absolute atomic E-state index is 11.7. The Bertz CT molecular complexity index is 343. The van der Waals surface area contributed by atoms with Crippen molar-refractivity contribution in [1.29, 1.82) is 0 Å². The van der Waals surface area contributed by atoms with Gasteiger partial charge in [0.15, 0.2) is 0 Å². The van der Waals surface area contributed by atoms with Gasteiger partial charge in [0.2, 0.25) is 5.91 Å². The zero-order chi connectivity index (χ0) is 12.7. The lowest BCUT2D eigenvalue weighted by Crippen LogP contribution is -2.31. The van der Waals surface area contributed by atoms with Crippen molar-refractivity contribution in [1.82, 2.24) is 5.32 Å². The third kappa shape index (κ3) is 4.75. The lowest BCUT2D eigenvalue weighted by molar-refractivity contribution is -0.121. The number of carbonyl (C=O) groups is 1. The van der Waals surface area contributed by atoms with Crippen LogP contribution in [0.15, 0.2) is 30.3 Å². The van der Waals surface area contributed by atoms with Crippen LogP contribution in [0.4, 0.5) is 0 Å². The molecule has 4 heteroatoms. The first-order chi connectivity index (χ1) is 8.15. The van der Waals surface area contributed by atoms with Crippen LogP contribution < -0.4 is 5.32 Å². The highest BCUT2D eigenvalue weighted by atomic mass is 35.5. The van der Waals surface area contributed by atoms with E-state index in [1.807, 2.05) is 37.3 Å². The minimum atomic E-state index is -0.655. The van der Waals surface area contributed by atoms with Crippen LogP contribution in [0.2, 0.25) is 0 Å². The van der Waals surface area contributed by atoms with E-state index in [2.05, 4.69) is 5.32 Å². The molecule has 2 unspecified atom stereocenters. The maximum atomic E-state index is 11.7. The predicted octanol–water partition coefficient (Wildman–Crippen LogP) is 2.10. The number of nitrogens with one attached hydrogen (secondary N) is 1. The summed E-state index contributed by atoms with van der Waals surface area (Å²) >= 11 is 6.06. The summed E-state index contributed by atoms with van der Waals surface area (Å²) in [6, 6.07) is 9.25. The van der Waals surface area contributed by atoms with Gasteiger partial charge in [-0.15, -0.1) is 11.6 Å². The zero-order valence-corrected chi connectivity index (χ0v) is 10.7. The van der Waals surface area contributed by atoms with Crippen molar-refractivity contribution in [3.63, 3.8) is 0 Å². The van der Waals surface area contributed by atoms with Gasteiger partial charge in [-0.3, -0.25) is 4.79 Å².